The van der Waals surface area contributed by atoms with Crippen molar-refractivity contribution in [3.63, 3.8) is 0 Å². The molecule has 6 nitrogen and oxygen atoms in total. The van der Waals surface area contributed by atoms with Gasteiger partial charge in [0.1, 0.15) is 0 Å². The number of anilines is 1. The zero-order valence-corrected chi connectivity index (χ0v) is 11.4. The molecule has 17 heavy (non-hydrogen) atoms. The molecule has 1 aromatic carbocycles. The fourth-order valence-electron chi connectivity index (χ4n) is 1.08. The number of benzene rings is 1. The van der Waals surface area contributed by atoms with Gasteiger partial charge in [0.15, 0.2) is 0 Å². The predicted octanol–water partition coefficient (Wildman–Crippen LogP) is 0.183. The van der Waals surface area contributed by atoms with Gasteiger partial charge in [-0.3, -0.25) is 4.79 Å². The number of carbonyl (C=O) groups is 1. The maximum atomic E-state index is 11.9. The van der Waals surface area contributed by atoms with E-state index in [1.165, 1.54) is 19.1 Å². The number of primary amides is 1. The summed E-state index contributed by atoms with van der Waals surface area (Å²) in [4.78, 5) is 10.8. The Morgan fingerprint density at radius 2 is 2.06 bits per heavy atom. The first-order valence-corrected chi connectivity index (χ1v) is 6.88. The molecule has 94 valence electrons. The smallest absolute Gasteiger partial charge is 0.242 e. The van der Waals surface area contributed by atoms with Crippen LogP contribution in [0.5, 0.6) is 0 Å². The molecule has 0 bridgehead atoms. The minimum atomic E-state index is -3.84. The molecule has 0 radical (unpaired) electrons. The molecule has 0 saturated carbocycles. The first-order chi connectivity index (χ1) is 7.74. The van der Waals surface area contributed by atoms with E-state index in [9.17, 15) is 13.2 Å². The zero-order chi connectivity index (χ0) is 13.2. The first-order valence-electron chi connectivity index (χ1n) is 4.60. The van der Waals surface area contributed by atoms with Gasteiger partial charge in [-0.2, -0.15) is 4.72 Å². The molecule has 0 aliphatic heterocycles. The molecular weight excluding hydrogens is 310 g/mol. The molecule has 5 N–H and O–H groups in total. The molecular formula is C9H12BrN3O3S. The second-order valence-corrected chi connectivity index (χ2v) is 5.97. The van der Waals surface area contributed by atoms with E-state index in [0.29, 0.717) is 10.2 Å². The summed E-state index contributed by atoms with van der Waals surface area (Å²) in [6.45, 7) is 1.36. The van der Waals surface area contributed by atoms with Crippen molar-refractivity contribution in [2.45, 2.75) is 17.9 Å². The number of rotatable bonds is 4. The monoisotopic (exact) mass is 321 g/mol. The summed E-state index contributed by atoms with van der Waals surface area (Å²) in [5, 5.41) is 0. The Morgan fingerprint density at radius 3 is 2.59 bits per heavy atom. The third-order valence-electron chi connectivity index (χ3n) is 2.00. The Balaban J connectivity index is 3.13. The quantitative estimate of drug-likeness (QED) is 0.686. The van der Waals surface area contributed by atoms with E-state index < -0.39 is 22.0 Å². The van der Waals surface area contributed by atoms with Crippen molar-refractivity contribution in [2.24, 2.45) is 5.73 Å². The first kappa shape index (κ1) is 13.9. The Bertz CT molecular complexity index is 544. The van der Waals surface area contributed by atoms with E-state index >= 15 is 0 Å². The van der Waals surface area contributed by atoms with Crippen molar-refractivity contribution in [2.75, 3.05) is 5.73 Å². The van der Waals surface area contributed by atoms with Crippen LogP contribution in [0.4, 0.5) is 5.69 Å². The number of hydrogen-bond donors (Lipinski definition) is 3. The molecule has 0 aromatic heterocycles. The molecule has 0 heterocycles. The van der Waals surface area contributed by atoms with Crippen LogP contribution in [0.15, 0.2) is 27.6 Å². The highest BCUT2D eigenvalue weighted by Gasteiger charge is 2.22. The van der Waals surface area contributed by atoms with Crippen LogP contribution in [0.1, 0.15) is 6.92 Å². The van der Waals surface area contributed by atoms with Gasteiger partial charge in [-0.05, 0) is 41.1 Å². The molecule has 1 amide bonds. The van der Waals surface area contributed by atoms with E-state index in [0.717, 1.165) is 0 Å². The van der Waals surface area contributed by atoms with Crippen LogP contribution in [-0.2, 0) is 14.8 Å². The standard InChI is InChI=1S/C9H12BrN3O3S/c1-5(9(12)14)13-17(15,16)8-4-6(11)2-3-7(8)10/h2-5,13H,11H2,1H3,(H2,12,14). The predicted molar refractivity (Wildman–Crippen MR) is 67.5 cm³/mol. The van der Waals surface area contributed by atoms with Gasteiger partial charge in [0.25, 0.3) is 0 Å². The van der Waals surface area contributed by atoms with Crippen molar-refractivity contribution < 1.29 is 13.2 Å². The minimum Gasteiger partial charge on any atom is -0.399 e. The average Bonchev–Trinajstić information content (AvgIpc) is 2.20. The van der Waals surface area contributed by atoms with Crippen molar-refractivity contribution in [3.8, 4) is 0 Å². The van der Waals surface area contributed by atoms with Crippen molar-refractivity contribution in [1.82, 2.24) is 4.72 Å². The molecule has 1 unspecified atom stereocenters. The zero-order valence-electron chi connectivity index (χ0n) is 8.98. The van der Waals surface area contributed by atoms with Gasteiger partial charge in [-0.25, -0.2) is 8.42 Å². The summed E-state index contributed by atoms with van der Waals surface area (Å²) in [5.41, 5.74) is 10.8. The molecule has 1 aromatic rings. The van der Waals surface area contributed by atoms with Gasteiger partial charge >= 0.3 is 0 Å². The Kier molecular flexibility index (Phi) is 4.12. The SMILES string of the molecule is CC(NS(=O)(=O)c1cc(N)ccc1Br)C(N)=O. The van der Waals surface area contributed by atoms with Crippen LogP contribution in [-0.4, -0.2) is 20.4 Å². The van der Waals surface area contributed by atoms with Gasteiger partial charge in [0, 0.05) is 10.2 Å². The van der Waals surface area contributed by atoms with E-state index in [1.807, 2.05) is 0 Å². The average molecular weight is 322 g/mol. The Morgan fingerprint density at radius 1 is 1.47 bits per heavy atom. The number of nitrogen functional groups attached to an aromatic ring is 1. The molecule has 0 aliphatic carbocycles. The lowest BCUT2D eigenvalue weighted by Gasteiger charge is -2.12. The Labute approximate surface area is 108 Å². The summed E-state index contributed by atoms with van der Waals surface area (Å²) in [7, 11) is -3.84. The molecule has 1 atom stereocenters. The fraction of sp³-hybridized carbons (Fsp3) is 0.222. The van der Waals surface area contributed by atoms with Gasteiger partial charge in [0.05, 0.1) is 10.9 Å². The van der Waals surface area contributed by atoms with Crippen LogP contribution in [0.25, 0.3) is 0 Å². The summed E-state index contributed by atoms with van der Waals surface area (Å²) in [6.07, 6.45) is 0. The second-order valence-electron chi connectivity index (χ2n) is 3.44. The van der Waals surface area contributed by atoms with E-state index in [4.69, 9.17) is 11.5 Å². The number of nitrogens with two attached hydrogens (primary N) is 2. The van der Waals surface area contributed by atoms with Crippen molar-refractivity contribution in [3.05, 3.63) is 22.7 Å². The molecule has 0 spiro atoms. The van der Waals surface area contributed by atoms with Gasteiger partial charge in [-0.15, -0.1) is 0 Å². The third-order valence-corrected chi connectivity index (χ3v) is 4.54. The summed E-state index contributed by atoms with van der Waals surface area (Å²) >= 11 is 3.10. The second kappa shape index (κ2) is 5.03. The highest BCUT2D eigenvalue weighted by atomic mass is 79.9. The van der Waals surface area contributed by atoms with Crippen LogP contribution in [0, 0.1) is 0 Å². The summed E-state index contributed by atoms with van der Waals surface area (Å²) < 4.78 is 26.3. The lowest BCUT2D eigenvalue weighted by molar-refractivity contribution is -0.119. The highest BCUT2D eigenvalue weighted by molar-refractivity contribution is 9.10. The van der Waals surface area contributed by atoms with Crippen LogP contribution < -0.4 is 16.2 Å². The van der Waals surface area contributed by atoms with E-state index in [1.54, 1.807) is 6.07 Å². The Hall–Kier alpha value is -1.12. The van der Waals surface area contributed by atoms with Crippen LogP contribution in [0.3, 0.4) is 0 Å². The fourth-order valence-corrected chi connectivity index (χ4v) is 3.29. The van der Waals surface area contributed by atoms with Gasteiger partial charge in [0.2, 0.25) is 15.9 Å². The van der Waals surface area contributed by atoms with Gasteiger partial charge < -0.3 is 11.5 Å². The number of nitrogens with one attached hydrogen (secondary N) is 1. The molecule has 8 heteroatoms. The number of hydrogen-bond acceptors (Lipinski definition) is 4. The number of halogens is 1. The molecule has 0 aliphatic rings. The summed E-state index contributed by atoms with van der Waals surface area (Å²) in [5.74, 6) is -0.756. The number of carbonyl (C=O) groups excluding carboxylic acids is 1. The lowest BCUT2D eigenvalue weighted by atomic mass is 10.3. The molecule has 0 saturated heterocycles. The molecule has 0 fully saturated rings. The van der Waals surface area contributed by atoms with Crippen LogP contribution in [0.2, 0.25) is 0 Å². The maximum Gasteiger partial charge on any atom is 0.242 e. The van der Waals surface area contributed by atoms with Gasteiger partial charge in [-0.1, -0.05) is 0 Å². The van der Waals surface area contributed by atoms with E-state index in [-0.39, 0.29) is 4.90 Å². The van der Waals surface area contributed by atoms with Crippen molar-refractivity contribution >= 4 is 37.5 Å². The summed E-state index contributed by atoms with van der Waals surface area (Å²) in [6, 6.07) is 3.37. The largest absolute Gasteiger partial charge is 0.399 e. The minimum absolute atomic E-state index is 0.0365. The normalized spacial score (nSPS) is 13.3. The number of amides is 1. The number of sulfonamides is 1. The topological polar surface area (TPSA) is 115 Å². The highest BCUT2D eigenvalue weighted by Crippen LogP contribution is 2.24. The van der Waals surface area contributed by atoms with E-state index in [2.05, 4.69) is 20.7 Å². The maximum absolute atomic E-state index is 11.9. The van der Waals surface area contributed by atoms with Crippen LogP contribution >= 0.6 is 15.9 Å². The molecule has 1 rings (SSSR count). The third kappa shape index (κ3) is 3.42. The lowest BCUT2D eigenvalue weighted by Crippen LogP contribution is -2.42. The van der Waals surface area contributed by atoms with Crippen molar-refractivity contribution in [1.29, 1.82) is 0 Å².